The van der Waals surface area contributed by atoms with E-state index in [9.17, 15) is 9.59 Å². The second-order valence-corrected chi connectivity index (χ2v) is 8.67. The van der Waals surface area contributed by atoms with Crippen molar-refractivity contribution in [3.8, 4) is 16.9 Å². The van der Waals surface area contributed by atoms with Gasteiger partial charge in [0, 0.05) is 21.5 Å². The van der Waals surface area contributed by atoms with Crippen LogP contribution in [0.4, 0.5) is 5.13 Å². The van der Waals surface area contributed by atoms with Crippen molar-refractivity contribution in [2.75, 3.05) is 5.32 Å². The van der Waals surface area contributed by atoms with E-state index in [0.29, 0.717) is 37.7 Å². The lowest BCUT2D eigenvalue weighted by Gasteiger charge is -2.07. The maximum absolute atomic E-state index is 12.6. The highest BCUT2D eigenvalue weighted by molar-refractivity contribution is 7.14. The lowest BCUT2D eigenvalue weighted by atomic mass is 10.2. The van der Waals surface area contributed by atoms with E-state index >= 15 is 0 Å². The summed E-state index contributed by atoms with van der Waals surface area (Å²) in [6.45, 7) is 0. The molecule has 1 N–H and O–H groups in total. The second kappa shape index (κ2) is 8.98. The van der Waals surface area contributed by atoms with Crippen LogP contribution in [0, 0.1) is 0 Å². The van der Waals surface area contributed by atoms with Crippen molar-refractivity contribution in [1.29, 1.82) is 0 Å². The molecule has 0 saturated carbocycles. The van der Waals surface area contributed by atoms with Gasteiger partial charge in [-0.1, -0.05) is 46.4 Å². The van der Waals surface area contributed by atoms with Gasteiger partial charge in [-0.25, -0.2) is 4.98 Å². The third-order valence-corrected chi connectivity index (χ3v) is 6.24. The molecule has 0 atom stereocenters. The number of thiazole rings is 1. The van der Waals surface area contributed by atoms with Crippen molar-refractivity contribution < 1.29 is 4.79 Å². The molecule has 11 heteroatoms. The van der Waals surface area contributed by atoms with Crippen LogP contribution >= 0.6 is 57.7 Å². The molecule has 0 aliphatic heterocycles. The number of benzene rings is 2. The summed E-state index contributed by atoms with van der Waals surface area (Å²) in [6.07, 6.45) is 1.28. The summed E-state index contributed by atoms with van der Waals surface area (Å²) in [6, 6.07) is 11.4. The first-order chi connectivity index (χ1) is 14.8. The third-order valence-electron chi connectivity index (χ3n) is 4.18. The Kier molecular flexibility index (Phi) is 6.31. The van der Waals surface area contributed by atoms with E-state index in [0.717, 1.165) is 4.68 Å². The van der Waals surface area contributed by atoms with E-state index < -0.39 is 5.56 Å². The molecule has 4 aromatic rings. The Bertz CT molecular complexity index is 1350. The van der Waals surface area contributed by atoms with Crippen molar-refractivity contribution in [1.82, 2.24) is 14.8 Å². The first kappa shape index (κ1) is 21.8. The summed E-state index contributed by atoms with van der Waals surface area (Å²) < 4.78 is 1.10. The number of rotatable bonds is 4. The van der Waals surface area contributed by atoms with Gasteiger partial charge in [-0.2, -0.15) is 9.78 Å². The van der Waals surface area contributed by atoms with Gasteiger partial charge in [0.1, 0.15) is 5.02 Å². The average molecular weight is 512 g/mol. The zero-order chi connectivity index (χ0) is 22.1. The van der Waals surface area contributed by atoms with Gasteiger partial charge in [-0.05, 0) is 42.5 Å². The molecular weight excluding hydrogens is 502 g/mol. The highest BCUT2D eigenvalue weighted by Gasteiger charge is 2.13. The minimum atomic E-state index is -0.553. The highest BCUT2D eigenvalue weighted by Crippen LogP contribution is 2.32. The summed E-state index contributed by atoms with van der Waals surface area (Å²) >= 11 is 25.1. The first-order valence-electron chi connectivity index (χ1n) is 8.59. The summed E-state index contributed by atoms with van der Waals surface area (Å²) in [4.78, 5) is 29.2. The Morgan fingerprint density at radius 2 is 1.74 bits per heavy atom. The number of hydrogen-bond acceptors (Lipinski definition) is 5. The van der Waals surface area contributed by atoms with Crippen LogP contribution in [0.3, 0.4) is 0 Å². The number of hydrogen-bond donors (Lipinski definition) is 1. The standard InChI is InChI=1S/C20H10Cl4N4O2S/c21-11-3-6-13(14(22)7-11)16-9-31-20(26-16)27-18(29)10-1-4-12(5-2-10)28-19(30)17(24)15(23)8-25-28/h1-9H,(H,26,27,29). The Morgan fingerprint density at radius 1 is 1.00 bits per heavy atom. The molecule has 0 radical (unpaired) electrons. The molecule has 156 valence electrons. The van der Waals surface area contributed by atoms with E-state index in [1.807, 2.05) is 0 Å². The summed E-state index contributed by atoms with van der Waals surface area (Å²) in [7, 11) is 0. The zero-order valence-corrected chi connectivity index (χ0v) is 19.1. The lowest BCUT2D eigenvalue weighted by Crippen LogP contribution is -2.21. The smallest absolute Gasteiger partial charge is 0.291 e. The number of amides is 1. The van der Waals surface area contributed by atoms with Crippen LogP contribution < -0.4 is 10.9 Å². The Labute approximate surface area is 200 Å². The molecular formula is C20H10Cl4N4O2S. The molecule has 6 nitrogen and oxygen atoms in total. The summed E-state index contributed by atoms with van der Waals surface area (Å²) in [5.74, 6) is -0.357. The Balaban J connectivity index is 1.52. The SMILES string of the molecule is O=C(Nc1nc(-c2ccc(Cl)cc2Cl)cs1)c1ccc(-n2ncc(Cl)c(Cl)c2=O)cc1. The summed E-state index contributed by atoms with van der Waals surface area (Å²) in [5.41, 5.74) is 1.60. The molecule has 31 heavy (non-hydrogen) atoms. The lowest BCUT2D eigenvalue weighted by molar-refractivity contribution is 0.102. The quantitative estimate of drug-likeness (QED) is 0.352. The van der Waals surface area contributed by atoms with Crippen molar-refractivity contribution in [2.45, 2.75) is 0 Å². The minimum absolute atomic E-state index is 0.0709. The number of nitrogens with zero attached hydrogens (tertiary/aromatic N) is 3. The fraction of sp³-hybridized carbons (Fsp3) is 0. The monoisotopic (exact) mass is 510 g/mol. The molecule has 2 aromatic heterocycles. The molecule has 0 aliphatic rings. The van der Waals surface area contributed by atoms with Crippen LogP contribution in [-0.4, -0.2) is 20.7 Å². The molecule has 0 bridgehead atoms. The van der Waals surface area contributed by atoms with Gasteiger partial charge in [0.2, 0.25) is 0 Å². The van der Waals surface area contributed by atoms with Gasteiger partial charge in [0.15, 0.2) is 5.13 Å². The van der Waals surface area contributed by atoms with E-state index in [1.165, 1.54) is 17.5 Å². The number of carbonyl (C=O) groups is 1. The Hall–Kier alpha value is -2.42. The minimum Gasteiger partial charge on any atom is -0.298 e. The number of anilines is 1. The van der Waals surface area contributed by atoms with Crippen molar-refractivity contribution in [2.24, 2.45) is 0 Å². The molecule has 0 fully saturated rings. The highest BCUT2D eigenvalue weighted by atomic mass is 35.5. The van der Waals surface area contributed by atoms with Gasteiger partial charge < -0.3 is 0 Å². The number of carbonyl (C=O) groups excluding carboxylic acids is 1. The second-order valence-electron chi connectivity index (χ2n) is 6.19. The predicted molar refractivity (Wildman–Crippen MR) is 125 cm³/mol. The van der Waals surface area contributed by atoms with E-state index in [1.54, 1.807) is 47.8 Å². The predicted octanol–water partition coefficient (Wildman–Crippen LogP) is 6.22. The van der Waals surface area contributed by atoms with Gasteiger partial charge >= 0.3 is 0 Å². The Morgan fingerprint density at radius 3 is 2.45 bits per heavy atom. The fourth-order valence-corrected chi connectivity index (χ4v) is 4.14. The molecule has 1 amide bonds. The van der Waals surface area contributed by atoms with Crippen LogP contribution in [-0.2, 0) is 0 Å². The van der Waals surface area contributed by atoms with Crippen LogP contribution in [0.2, 0.25) is 20.1 Å². The topological polar surface area (TPSA) is 76.9 Å². The van der Waals surface area contributed by atoms with E-state index in [2.05, 4.69) is 15.4 Å². The molecule has 2 heterocycles. The van der Waals surface area contributed by atoms with Crippen LogP contribution in [0.15, 0.2) is 58.8 Å². The largest absolute Gasteiger partial charge is 0.298 e. The van der Waals surface area contributed by atoms with Crippen molar-refractivity contribution >= 4 is 68.8 Å². The van der Waals surface area contributed by atoms with Gasteiger partial charge in [0.25, 0.3) is 11.5 Å². The van der Waals surface area contributed by atoms with Crippen LogP contribution in [0.1, 0.15) is 10.4 Å². The van der Waals surface area contributed by atoms with Gasteiger partial charge in [-0.3, -0.25) is 14.9 Å². The third kappa shape index (κ3) is 4.61. The number of aromatic nitrogens is 3. The summed E-state index contributed by atoms with van der Waals surface area (Å²) in [5, 5.41) is 9.84. The van der Waals surface area contributed by atoms with Crippen molar-refractivity contribution in [3.63, 3.8) is 0 Å². The average Bonchev–Trinajstić information content (AvgIpc) is 3.20. The molecule has 0 aliphatic carbocycles. The first-order valence-corrected chi connectivity index (χ1v) is 11.0. The number of nitrogens with one attached hydrogen (secondary N) is 1. The molecule has 2 aromatic carbocycles. The molecule has 4 rings (SSSR count). The van der Waals surface area contributed by atoms with E-state index in [4.69, 9.17) is 46.4 Å². The van der Waals surface area contributed by atoms with Crippen LogP contribution in [0.25, 0.3) is 16.9 Å². The van der Waals surface area contributed by atoms with Gasteiger partial charge in [-0.15, -0.1) is 11.3 Å². The normalized spacial score (nSPS) is 10.8. The fourth-order valence-electron chi connectivity index (χ4n) is 2.67. The zero-order valence-electron chi connectivity index (χ0n) is 15.3. The number of halogens is 4. The van der Waals surface area contributed by atoms with Crippen molar-refractivity contribution in [3.05, 3.63) is 90.0 Å². The molecule has 0 saturated heterocycles. The van der Waals surface area contributed by atoms with E-state index in [-0.39, 0.29) is 16.0 Å². The van der Waals surface area contributed by atoms with Crippen LogP contribution in [0.5, 0.6) is 0 Å². The molecule has 0 unspecified atom stereocenters. The molecule has 0 spiro atoms. The van der Waals surface area contributed by atoms with Gasteiger partial charge in [0.05, 0.1) is 27.6 Å². The maximum Gasteiger partial charge on any atom is 0.291 e. The maximum atomic E-state index is 12.6.